The van der Waals surface area contributed by atoms with Gasteiger partial charge in [-0.25, -0.2) is 9.18 Å². The summed E-state index contributed by atoms with van der Waals surface area (Å²) in [5, 5.41) is 28.1. The number of esters is 1. The largest absolute Gasteiger partial charge is 0.464 e. The Morgan fingerprint density at radius 3 is 2.61 bits per heavy atom. The minimum absolute atomic E-state index is 0.000368. The summed E-state index contributed by atoms with van der Waals surface area (Å²) in [4.78, 5) is 11.2. The molecule has 0 saturated heterocycles. The van der Waals surface area contributed by atoms with Gasteiger partial charge in [0, 0.05) is 0 Å². The van der Waals surface area contributed by atoms with Crippen LogP contribution in [0.5, 0.6) is 0 Å². The number of carbonyl (C=O) groups excluding carboxylic acids is 1. The van der Waals surface area contributed by atoms with Crippen LogP contribution in [0, 0.1) is 5.82 Å². The summed E-state index contributed by atoms with van der Waals surface area (Å²) in [7, 11) is 0. The highest BCUT2D eigenvalue weighted by Gasteiger charge is 2.27. The Kier molecular flexibility index (Phi) is 5.21. The van der Waals surface area contributed by atoms with E-state index in [1.165, 1.54) is 6.07 Å². The van der Waals surface area contributed by atoms with E-state index in [0.29, 0.717) is 0 Å². The highest BCUT2D eigenvalue weighted by molar-refractivity contribution is 5.75. The lowest BCUT2D eigenvalue weighted by Crippen LogP contribution is -2.30. The standard InChI is InChI=1S/C12H15FO5/c1-2-18-12(17)11(16)10(15)8-3-7(6-14)4-9(13)5-8/h3-5,10-11,14-16H,2,6H2,1H3. The maximum Gasteiger partial charge on any atom is 0.338 e. The molecule has 2 unspecified atom stereocenters. The minimum Gasteiger partial charge on any atom is -0.464 e. The molecule has 0 aliphatic carbocycles. The molecule has 0 spiro atoms. The van der Waals surface area contributed by atoms with Crippen LogP contribution < -0.4 is 0 Å². The molecule has 5 nitrogen and oxygen atoms in total. The zero-order chi connectivity index (χ0) is 13.7. The van der Waals surface area contributed by atoms with E-state index in [-0.39, 0.29) is 17.7 Å². The normalized spacial score (nSPS) is 14.1. The number of ether oxygens (including phenoxy) is 1. The van der Waals surface area contributed by atoms with E-state index >= 15 is 0 Å². The van der Waals surface area contributed by atoms with Crippen LogP contribution in [0.3, 0.4) is 0 Å². The fraction of sp³-hybridized carbons (Fsp3) is 0.417. The summed E-state index contributed by atoms with van der Waals surface area (Å²) in [6, 6.07) is 3.37. The van der Waals surface area contributed by atoms with Gasteiger partial charge < -0.3 is 20.1 Å². The molecule has 0 radical (unpaired) electrons. The fourth-order valence-electron chi connectivity index (χ4n) is 1.48. The highest BCUT2D eigenvalue weighted by atomic mass is 19.1. The molecule has 0 bridgehead atoms. The van der Waals surface area contributed by atoms with Crippen molar-refractivity contribution in [2.45, 2.75) is 25.7 Å². The van der Waals surface area contributed by atoms with Crippen molar-refractivity contribution in [3.05, 3.63) is 35.1 Å². The fourth-order valence-corrected chi connectivity index (χ4v) is 1.48. The molecule has 2 atom stereocenters. The molecule has 18 heavy (non-hydrogen) atoms. The topological polar surface area (TPSA) is 87.0 Å². The molecule has 6 heteroatoms. The van der Waals surface area contributed by atoms with Gasteiger partial charge in [0.05, 0.1) is 13.2 Å². The number of aliphatic hydroxyl groups is 3. The lowest BCUT2D eigenvalue weighted by atomic mass is 10.0. The van der Waals surface area contributed by atoms with Crippen molar-refractivity contribution in [3.8, 4) is 0 Å². The van der Waals surface area contributed by atoms with Crippen molar-refractivity contribution in [1.82, 2.24) is 0 Å². The first-order chi connectivity index (χ1) is 8.49. The molecule has 0 aliphatic heterocycles. The van der Waals surface area contributed by atoms with E-state index < -0.39 is 30.6 Å². The summed E-state index contributed by atoms with van der Waals surface area (Å²) in [6.07, 6.45) is -3.40. The Bertz CT molecular complexity index is 421. The van der Waals surface area contributed by atoms with Crippen molar-refractivity contribution in [2.75, 3.05) is 6.61 Å². The number of benzene rings is 1. The van der Waals surface area contributed by atoms with Gasteiger partial charge in [0.1, 0.15) is 11.9 Å². The smallest absolute Gasteiger partial charge is 0.338 e. The average molecular weight is 258 g/mol. The third-order valence-electron chi connectivity index (χ3n) is 2.33. The van der Waals surface area contributed by atoms with E-state index in [1.807, 2.05) is 0 Å². The number of rotatable bonds is 5. The quantitative estimate of drug-likeness (QED) is 0.660. The Balaban J connectivity index is 2.92. The van der Waals surface area contributed by atoms with Gasteiger partial charge in [-0.1, -0.05) is 6.07 Å². The van der Waals surface area contributed by atoms with Gasteiger partial charge in [0.15, 0.2) is 6.10 Å². The van der Waals surface area contributed by atoms with Gasteiger partial charge in [-0.3, -0.25) is 0 Å². The Morgan fingerprint density at radius 1 is 1.39 bits per heavy atom. The van der Waals surface area contributed by atoms with E-state index in [9.17, 15) is 19.4 Å². The van der Waals surface area contributed by atoms with Crippen molar-refractivity contribution in [2.24, 2.45) is 0 Å². The van der Waals surface area contributed by atoms with Crippen molar-refractivity contribution in [1.29, 1.82) is 0 Å². The number of hydrogen-bond acceptors (Lipinski definition) is 5. The summed E-state index contributed by atoms with van der Waals surface area (Å²) in [6.45, 7) is 1.21. The average Bonchev–Trinajstić information content (AvgIpc) is 2.36. The van der Waals surface area contributed by atoms with Gasteiger partial charge in [0.2, 0.25) is 0 Å². The first-order valence-corrected chi connectivity index (χ1v) is 5.42. The third kappa shape index (κ3) is 3.49. The Labute approximate surface area is 103 Å². The molecular formula is C12H15FO5. The van der Waals surface area contributed by atoms with Crippen LogP contribution in [0.2, 0.25) is 0 Å². The summed E-state index contributed by atoms with van der Waals surface area (Å²) in [5.41, 5.74) is 0.236. The zero-order valence-corrected chi connectivity index (χ0v) is 9.84. The monoisotopic (exact) mass is 258 g/mol. The third-order valence-corrected chi connectivity index (χ3v) is 2.33. The number of halogens is 1. The molecular weight excluding hydrogens is 243 g/mol. The first kappa shape index (κ1) is 14.6. The first-order valence-electron chi connectivity index (χ1n) is 5.42. The van der Waals surface area contributed by atoms with Crippen molar-refractivity contribution < 1.29 is 29.2 Å². The van der Waals surface area contributed by atoms with Crippen LogP contribution in [0.15, 0.2) is 18.2 Å². The van der Waals surface area contributed by atoms with E-state index in [1.54, 1.807) is 6.92 Å². The van der Waals surface area contributed by atoms with Crippen molar-refractivity contribution >= 4 is 5.97 Å². The van der Waals surface area contributed by atoms with E-state index in [2.05, 4.69) is 4.74 Å². The van der Waals surface area contributed by atoms with Gasteiger partial charge in [0.25, 0.3) is 0 Å². The summed E-state index contributed by atoms with van der Waals surface area (Å²) >= 11 is 0. The molecule has 0 amide bonds. The second-order valence-electron chi connectivity index (χ2n) is 3.69. The minimum atomic E-state index is -1.79. The second kappa shape index (κ2) is 6.44. The predicted molar refractivity (Wildman–Crippen MR) is 59.9 cm³/mol. The zero-order valence-electron chi connectivity index (χ0n) is 9.84. The van der Waals surface area contributed by atoms with Gasteiger partial charge in [-0.05, 0) is 30.2 Å². The van der Waals surface area contributed by atoms with E-state index in [4.69, 9.17) is 5.11 Å². The lowest BCUT2D eigenvalue weighted by Gasteiger charge is -2.17. The summed E-state index contributed by atoms with van der Waals surface area (Å²) in [5.74, 6) is -1.66. The molecule has 0 aliphatic rings. The molecule has 0 heterocycles. The molecule has 1 rings (SSSR count). The summed E-state index contributed by atoms with van der Waals surface area (Å²) < 4.78 is 17.7. The molecule has 0 aromatic heterocycles. The predicted octanol–water partition coefficient (Wildman–Crippen LogP) is 0.275. The Hall–Kier alpha value is -1.50. The maximum absolute atomic E-state index is 13.2. The Morgan fingerprint density at radius 2 is 2.06 bits per heavy atom. The highest BCUT2D eigenvalue weighted by Crippen LogP contribution is 2.20. The molecule has 3 N–H and O–H groups in total. The van der Waals surface area contributed by atoms with Crippen molar-refractivity contribution in [3.63, 3.8) is 0 Å². The van der Waals surface area contributed by atoms with Gasteiger partial charge in [-0.15, -0.1) is 0 Å². The van der Waals surface area contributed by atoms with E-state index in [0.717, 1.165) is 12.1 Å². The number of aliphatic hydroxyl groups excluding tert-OH is 3. The lowest BCUT2D eigenvalue weighted by molar-refractivity contribution is -0.159. The van der Waals surface area contributed by atoms with Crippen LogP contribution >= 0.6 is 0 Å². The molecule has 0 fully saturated rings. The van der Waals surface area contributed by atoms with Crippen LogP contribution in [0.4, 0.5) is 4.39 Å². The second-order valence-corrected chi connectivity index (χ2v) is 3.69. The number of hydrogen-bond donors (Lipinski definition) is 3. The molecule has 100 valence electrons. The van der Waals surface area contributed by atoms with Crippen LogP contribution in [-0.4, -0.2) is 34.0 Å². The molecule has 0 saturated carbocycles. The number of carbonyl (C=O) groups is 1. The SMILES string of the molecule is CCOC(=O)C(O)C(O)c1cc(F)cc(CO)c1. The van der Waals surface area contributed by atoms with Crippen LogP contribution in [-0.2, 0) is 16.1 Å². The maximum atomic E-state index is 13.2. The molecule has 1 aromatic carbocycles. The van der Waals surface area contributed by atoms with Gasteiger partial charge >= 0.3 is 5.97 Å². The van der Waals surface area contributed by atoms with Gasteiger partial charge in [-0.2, -0.15) is 0 Å². The van der Waals surface area contributed by atoms with Crippen LogP contribution in [0.25, 0.3) is 0 Å². The van der Waals surface area contributed by atoms with Crippen LogP contribution in [0.1, 0.15) is 24.2 Å². The molecule has 1 aromatic rings.